The van der Waals surface area contributed by atoms with Crippen LogP contribution in [0.3, 0.4) is 0 Å². The maximum atomic E-state index is 5.36. The predicted molar refractivity (Wildman–Crippen MR) is 104 cm³/mol. The van der Waals surface area contributed by atoms with E-state index in [9.17, 15) is 0 Å². The average molecular weight is 382 g/mol. The molecule has 7 nitrogen and oxygen atoms in total. The monoisotopic (exact) mass is 382 g/mol. The molecule has 0 fully saturated rings. The van der Waals surface area contributed by atoms with E-state index in [1.807, 2.05) is 42.5 Å². The number of methoxy groups -OCH3 is 3. The van der Waals surface area contributed by atoms with Crippen molar-refractivity contribution >= 4 is 17.5 Å². The summed E-state index contributed by atoms with van der Waals surface area (Å²) in [6.45, 7) is 0. The van der Waals surface area contributed by atoms with Crippen molar-refractivity contribution in [3.63, 3.8) is 0 Å². The molecule has 1 aliphatic rings. The number of thioether (sulfide) groups is 1. The molecule has 2 heterocycles. The second kappa shape index (κ2) is 7.32. The number of rotatable bonds is 5. The minimum Gasteiger partial charge on any atom is -0.497 e. The highest BCUT2D eigenvalue weighted by atomic mass is 32.2. The van der Waals surface area contributed by atoms with Gasteiger partial charge in [0.2, 0.25) is 5.16 Å². The fraction of sp³-hybridized carbons (Fsp3) is 0.211. The number of fused-ring (bicyclic) bond motifs is 1. The van der Waals surface area contributed by atoms with Gasteiger partial charge in [-0.1, -0.05) is 23.9 Å². The van der Waals surface area contributed by atoms with Crippen molar-refractivity contribution in [1.29, 1.82) is 0 Å². The molecule has 4 rings (SSSR count). The Balaban J connectivity index is 1.79. The second-order valence-corrected chi connectivity index (χ2v) is 6.73. The lowest BCUT2D eigenvalue weighted by atomic mass is 10.1. The molecule has 27 heavy (non-hydrogen) atoms. The van der Waals surface area contributed by atoms with Gasteiger partial charge in [-0.2, -0.15) is 9.78 Å². The van der Waals surface area contributed by atoms with E-state index in [0.29, 0.717) is 23.1 Å². The predicted octanol–water partition coefficient (Wildman–Crippen LogP) is 3.33. The summed E-state index contributed by atoms with van der Waals surface area (Å²) >= 11 is 1.60. The molecule has 0 atom stereocenters. The number of ether oxygens (including phenoxy) is 3. The Morgan fingerprint density at radius 2 is 1.56 bits per heavy atom. The fourth-order valence-corrected chi connectivity index (χ4v) is 3.63. The summed E-state index contributed by atoms with van der Waals surface area (Å²) in [6.07, 6.45) is 0. The zero-order chi connectivity index (χ0) is 18.8. The van der Waals surface area contributed by atoms with Crippen LogP contribution in [0.5, 0.6) is 17.2 Å². The van der Waals surface area contributed by atoms with Gasteiger partial charge in [0.15, 0.2) is 5.82 Å². The summed E-state index contributed by atoms with van der Waals surface area (Å²) in [4.78, 5) is 0. The van der Waals surface area contributed by atoms with E-state index in [-0.39, 0.29) is 0 Å². The summed E-state index contributed by atoms with van der Waals surface area (Å²) in [5, 5.41) is 14.1. The molecule has 0 spiro atoms. The number of hydrogen-bond donors (Lipinski definition) is 0. The normalized spacial score (nSPS) is 12.9. The average Bonchev–Trinajstić information content (AvgIpc) is 3.16. The van der Waals surface area contributed by atoms with Gasteiger partial charge in [0.1, 0.15) is 17.2 Å². The van der Waals surface area contributed by atoms with Crippen LogP contribution in [-0.2, 0) is 0 Å². The molecule has 2 aromatic carbocycles. The lowest BCUT2D eigenvalue weighted by Gasteiger charge is -2.15. The quantitative estimate of drug-likeness (QED) is 0.674. The van der Waals surface area contributed by atoms with Crippen molar-refractivity contribution in [2.45, 2.75) is 5.16 Å². The van der Waals surface area contributed by atoms with Crippen LogP contribution in [0.1, 0.15) is 5.56 Å². The van der Waals surface area contributed by atoms with E-state index in [1.165, 1.54) is 0 Å². The maximum absolute atomic E-state index is 5.36. The lowest BCUT2D eigenvalue weighted by molar-refractivity contribution is 0.394. The van der Waals surface area contributed by atoms with Crippen molar-refractivity contribution in [1.82, 2.24) is 14.9 Å². The van der Waals surface area contributed by atoms with Crippen LogP contribution >= 0.6 is 11.8 Å². The number of hydrogen-bond acceptors (Lipinski definition) is 7. The Hall–Kier alpha value is -3.00. The SMILES string of the molecule is COc1cccc(C2=Nn3c(nnc3-c3cc(OC)cc(OC)c3)SC2)c1. The topological polar surface area (TPSA) is 70.8 Å². The van der Waals surface area contributed by atoms with E-state index in [1.54, 1.807) is 37.8 Å². The molecule has 3 aromatic rings. The van der Waals surface area contributed by atoms with Gasteiger partial charge in [-0.15, -0.1) is 10.2 Å². The first kappa shape index (κ1) is 17.4. The maximum Gasteiger partial charge on any atom is 0.212 e. The molecule has 0 aliphatic carbocycles. The third-order valence-corrected chi connectivity index (χ3v) is 5.11. The number of nitrogens with zero attached hydrogens (tertiary/aromatic N) is 4. The molecule has 0 saturated heterocycles. The molecule has 0 amide bonds. The molecule has 0 radical (unpaired) electrons. The number of benzene rings is 2. The van der Waals surface area contributed by atoms with E-state index < -0.39 is 0 Å². The standard InChI is InChI=1S/C19H18N4O3S/c1-24-14-6-4-5-12(7-14)17-11-27-19-21-20-18(23(19)22-17)13-8-15(25-2)10-16(9-13)26-3/h4-10H,11H2,1-3H3. The molecule has 138 valence electrons. The molecule has 8 heteroatoms. The smallest absolute Gasteiger partial charge is 0.212 e. The van der Waals surface area contributed by atoms with E-state index in [2.05, 4.69) is 10.2 Å². The van der Waals surface area contributed by atoms with Crippen molar-refractivity contribution in [3.05, 3.63) is 48.0 Å². The Bertz CT molecular complexity index is 994. The van der Waals surface area contributed by atoms with Crippen LogP contribution in [0.15, 0.2) is 52.7 Å². The van der Waals surface area contributed by atoms with Crippen molar-refractivity contribution in [2.75, 3.05) is 27.1 Å². The molecule has 0 saturated carbocycles. The van der Waals surface area contributed by atoms with Crippen LogP contribution in [0.2, 0.25) is 0 Å². The Kier molecular flexibility index (Phi) is 4.72. The van der Waals surface area contributed by atoms with Crippen LogP contribution in [0, 0.1) is 0 Å². The Morgan fingerprint density at radius 1 is 0.852 bits per heavy atom. The van der Waals surface area contributed by atoms with E-state index in [0.717, 1.165) is 27.7 Å². The van der Waals surface area contributed by atoms with Gasteiger partial charge in [0, 0.05) is 22.9 Å². The van der Waals surface area contributed by atoms with Gasteiger partial charge in [0.25, 0.3) is 0 Å². The van der Waals surface area contributed by atoms with Crippen LogP contribution in [0.25, 0.3) is 11.4 Å². The van der Waals surface area contributed by atoms with Gasteiger partial charge in [-0.3, -0.25) is 0 Å². The van der Waals surface area contributed by atoms with Gasteiger partial charge in [-0.05, 0) is 24.3 Å². The van der Waals surface area contributed by atoms with E-state index in [4.69, 9.17) is 19.3 Å². The lowest BCUT2D eigenvalue weighted by Crippen LogP contribution is -2.13. The first-order valence-electron chi connectivity index (χ1n) is 8.25. The summed E-state index contributed by atoms with van der Waals surface area (Å²) < 4.78 is 17.8. The summed E-state index contributed by atoms with van der Waals surface area (Å²) in [5.41, 5.74) is 2.76. The van der Waals surface area contributed by atoms with Gasteiger partial charge < -0.3 is 14.2 Å². The highest BCUT2D eigenvalue weighted by molar-refractivity contribution is 7.99. The Labute approximate surface area is 161 Å². The molecule has 1 aromatic heterocycles. The summed E-state index contributed by atoms with van der Waals surface area (Å²) in [6, 6.07) is 13.5. The van der Waals surface area contributed by atoms with Crippen LogP contribution in [0.4, 0.5) is 0 Å². The zero-order valence-electron chi connectivity index (χ0n) is 15.2. The minimum absolute atomic E-state index is 0.634. The van der Waals surface area contributed by atoms with Crippen molar-refractivity contribution in [2.24, 2.45) is 5.10 Å². The summed E-state index contributed by atoms with van der Waals surface area (Å²) in [5.74, 6) is 3.51. The molecule has 0 unspecified atom stereocenters. The second-order valence-electron chi connectivity index (χ2n) is 5.79. The van der Waals surface area contributed by atoms with Crippen LogP contribution < -0.4 is 14.2 Å². The van der Waals surface area contributed by atoms with Crippen molar-refractivity contribution in [3.8, 4) is 28.6 Å². The molecule has 1 aliphatic heterocycles. The molecular formula is C19H18N4O3S. The minimum atomic E-state index is 0.634. The zero-order valence-corrected chi connectivity index (χ0v) is 16.0. The third kappa shape index (κ3) is 3.35. The first-order valence-corrected chi connectivity index (χ1v) is 9.24. The van der Waals surface area contributed by atoms with Gasteiger partial charge in [-0.25, -0.2) is 0 Å². The number of aromatic nitrogens is 3. The highest BCUT2D eigenvalue weighted by Crippen LogP contribution is 2.33. The van der Waals surface area contributed by atoms with Gasteiger partial charge >= 0.3 is 0 Å². The Morgan fingerprint density at radius 3 is 2.26 bits per heavy atom. The molecular weight excluding hydrogens is 364 g/mol. The van der Waals surface area contributed by atoms with Gasteiger partial charge in [0.05, 0.1) is 27.0 Å². The highest BCUT2D eigenvalue weighted by Gasteiger charge is 2.21. The molecule has 0 N–H and O–H groups in total. The van der Waals surface area contributed by atoms with E-state index >= 15 is 0 Å². The fourth-order valence-electron chi connectivity index (χ4n) is 2.79. The van der Waals surface area contributed by atoms with Crippen molar-refractivity contribution < 1.29 is 14.2 Å². The summed E-state index contributed by atoms with van der Waals surface area (Å²) in [7, 11) is 4.89. The third-order valence-electron chi connectivity index (χ3n) is 4.18. The van der Waals surface area contributed by atoms with Crippen LogP contribution in [-0.4, -0.2) is 47.7 Å². The molecule has 0 bridgehead atoms. The largest absolute Gasteiger partial charge is 0.497 e. The first-order chi connectivity index (χ1) is 13.2.